The first-order chi connectivity index (χ1) is 22.8. The number of phenols is 1. The summed E-state index contributed by atoms with van der Waals surface area (Å²) in [6, 6.07) is 19.5. The van der Waals surface area contributed by atoms with Crippen molar-refractivity contribution in [3.05, 3.63) is 107 Å². The Morgan fingerprint density at radius 1 is 0.957 bits per heavy atom. The van der Waals surface area contributed by atoms with Crippen LogP contribution in [-0.2, 0) is 19.2 Å². The number of allylic oxidation sites excluding steroid dienone is 6. The zero-order chi connectivity index (χ0) is 32.6. The van der Waals surface area contributed by atoms with Crippen molar-refractivity contribution in [1.82, 2.24) is 4.98 Å². The number of ketones is 2. The highest BCUT2D eigenvalue weighted by atomic mass is 16.5. The van der Waals surface area contributed by atoms with Gasteiger partial charge in [-0.25, -0.2) is 4.98 Å². The molecule has 1 fully saturated rings. The number of Topliss-reactive ketones (excluding diaryl/α,β-unsaturated/α-hetero) is 1. The molecule has 1 aliphatic heterocycles. The van der Waals surface area contributed by atoms with Crippen LogP contribution < -0.4 is 9.64 Å². The summed E-state index contributed by atoms with van der Waals surface area (Å²) in [7, 11) is 0. The van der Waals surface area contributed by atoms with E-state index in [2.05, 4.69) is 4.98 Å². The van der Waals surface area contributed by atoms with Crippen LogP contribution in [0, 0.1) is 17.8 Å². The number of benzene rings is 3. The van der Waals surface area contributed by atoms with Gasteiger partial charge in [-0.1, -0.05) is 35.9 Å². The topological polar surface area (TPSA) is 127 Å². The number of aromatic nitrogens is 1. The molecule has 1 saturated heterocycles. The molecule has 0 saturated carbocycles. The zero-order valence-corrected chi connectivity index (χ0v) is 25.7. The van der Waals surface area contributed by atoms with E-state index in [0.29, 0.717) is 58.0 Å². The third kappa shape index (κ3) is 4.33. The van der Waals surface area contributed by atoms with E-state index in [4.69, 9.17) is 9.15 Å². The number of rotatable bonds is 5. The van der Waals surface area contributed by atoms with E-state index in [1.807, 2.05) is 37.3 Å². The predicted molar refractivity (Wildman–Crippen MR) is 173 cm³/mol. The van der Waals surface area contributed by atoms with Crippen LogP contribution in [0.3, 0.4) is 0 Å². The molecule has 2 heterocycles. The van der Waals surface area contributed by atoms with Crippen molar-refractivity contribution in [2.45, 2.75) is 32.6 Å². The van der Waals surface area contributed by atoms with Gasteiger partial charge in [0.2, 0.25) is 17.7 Å². The largest absolute Gasteiger partial charge is 0.504 e. The maximum absolute atomic E-state index is 14.3. The number of ether oxygens (including phenoxy) is 1. The van der Waals surface area contributed by atoms with E-state index in [1.54, 1.807) is 49.4 Å². The molecule has 3 aliphatic carbocycles. The van der Waals surface area contributed by atoms with Crippen molar-refractivity contribution >= 4 is 40.2 Å². The highest BCUT2D eigenvalue weighted by Gasteiger charge is 2.57. The van der Waals surface area contributed by atoms with Crippen LogP contribution in [0.15, 0.2) is 106 Å². The van der Waals surface area contributed by atoms with Gasteiger partial charge in [0, 0.05) is 33.8 Å². The molecule has 0 unspecified atom stereocenters. The van der Waals surface area contributed by atoms with E-state index in [0.717, 1.165) is 11.1 Å². The number of hydrogen-bond donors (Lipinski definition) is 1. The fourth-order valence-electron chi connectivity index (χ4n) is 7.78. The maximum atomic E-state index is 14.3. The quantitative estimate of drug-likeness (QED) is 0.157. The molecule has 1 N–H and O–H groups in total. The van der Waals surface area contributed by atoms with Crippen LogP contribution >= 0.6 is 0 Å². The minimum atomic E-state index is -0.765. The molecule has 1 aromatic heterocycles. The van der Waals surface area contributed by atoms with Gasteiger partial charge < -0.3 is 14.3 Å². The number of anilines is 1. The molecule has 3 aromatic carbocycles. The van der Waals surface area contributed by atoms with Crippen LogP contribution in [0.4, 0.5) is 5.69 Å². The summed E-state index contributed by atoms with van der Waals surface area (Å²) in [6.07, 6.45) is 3.73. The Hall–Kier alpha value is -5.57. The minimum absolute atomic E-state index is 0.115. The molecule has 9 nitrogen and oxygen atoms in total. The molecule has 4 atom stereocenters. The van der Waals surface area contributed by atoms with E-state index < -0.39 is 23.7 Å². The highest BCUT2D eigenvalue weighted by molar-refractivity contribution is 6.25. The number of nitrogens with zero attached hydrogens (tertiary/aromatic N) is 2. The summed E-state index contributed by atoms with van der Waals surface area (Å²) < 4.78 is 11.5. The molecular weight excluding hydrogens is 596 g/mol. The van der Waals surface area contributed by atoms with Crippen LogP contribution in [0.5, 0.6) is 11.5 Å². The molecule has 8 rings (SSSR count). The zero-order valence-electron chi connectivity index (χ0n) is 25.7. The molecule has 0 spiro atoms. The third-order valence-corrected chi connectivity index (χ3v) is 9.87. The smallest absolute Gasteiger partial charge is 0.238 e. The molecule has 2 amide bonds. The molecule has 4 aliphatic rings. The van der Waals surface area contributed by atoms with Gasteiger partial charge in [-0.2, -0.15) is 0 Å². The van der Waals surface area contributed by atoms with Crippen LogP contribution in [-0.4, -0.2) is 40.1 Å². The SMILES string of the molecule is CCOc1cccc([C@H]2C3=CC[C@@H]4C(=O)N(c5ccc(-c6nc7ccccc7o6)cc5)C(=O)[C@@H]4[C@@H]3CC3=C2C(=O)C=C(C)C3=O)c1O. The number of aromatic hydroxyl groups is 1. The van der Waals surface area contributed by atoms with Crippen LogP contribution in [0.2, 0.25) is 0 Å². The average Bonchev–Trinajstić information content (AvgIpc) is 3.62. The summed E-state index contributed by atoms with van der Waals surface area (Å²) in [5.74, 6) is -3.24. The lowest BCUT2D eigenvalue weighted by Gasteiger charge is -2.42. The number of phenolic OH excluding ortho intramolecular Hbond substituents is 1. The summed E-state index contributed by atoms with van der Waals surface area (Å²) in [5.41, 5.74) is 4.70. The summed E-state index contributed by atoms with van der Waals surface area (Å²) >= 11 is 0. The Labute approximate surface area is 269 Å². The van der Waals surface area contributed by atoms with Gasteiger partial charge in [0.05, 0.1) is 24.1 Å². The van der Waals surface area contributed by atoms with Crippen molar-refractivity contribution in [3.63, 3.8) is 0 Å². The number of carbonyl (C=O) groups is 4. The van der Waals surface area contributed by atoms with E-state index >= 15 is 0 Å². The lowest BCUT2D eigenvalue weighted by atomic mass is 9.59. The van der Waals surface area contributed by atoms with E-state index in [-0.39, 0.29) is 41.3 Å². The van der Waals surface area contributed by atoms with Crippen LogP contribution in [0.25, 0.3) is 22.6 Å². The summed E-state index contributed by atoms with van der Waals surface area (Å²) in [6.45, 7) is 3.74. The van der Waals surface area contributed by atoms with Crippen molar-refractivity contribution in [1.29, 1.82) is 0 Å². The third-order valence-electron chi connectivity index (χ3n) is 9.87. The van der Waals surface area contributed by atoms with Crippen molar-refractivity contribution in [2.75, 3.05) is 11.5 Å². The fraction of sp³-hybridized carbons (Fsp3) is 0.237. The van der Waals surface area contributed by atoms with Gasteiger partial charge >= 0.3 is 0 Å². The Morgan fingerprint density at radius 2 is 1.74 bits per heavy atom. The fourth-order valence-corrected chi connectivity index (χ4v) is 7.78. The minimum Gasteiger partial charge on any atom is -0.504 e. The molecule has 234 valence electrons. The van der Waals surface area contributed by atoms with Gasteiger partial charge in [0.25, 0.3) is 0 Å². The van der Waals surface area contributed by atoms with Crippen LogP contribution in [0.1, 0.15) is 38.2 Å². The van der Waals surface area contributed by atoms with Crippen molar-refractivity contribution < 1.29 is 33.4 Å². The predicted octanol–water partition coefficient (Wildman–Crippen LogP) is 6.23. The monoisotopic (exact) mass is 626 g/mol. The first kappa shape index (κ1) is 28.9. The Morgan fingerprint density at radius 3 is 2.51 bits per heavy atom. The number of amides is 2. The second-order valence-corrected chi connectivity index (χ2v) is 12.4. The van der Waals surface area contributed by atoms with Gasteiger partial charge in [0.15, 0.2) is 28.6 Å². The van der Waals surface area contributed by atoms with Gasteiger partial charge in [-0.3, -0.25) is 24.1 Å². The summed E-state index contributed by atoms with van der Waals surface area (Å²) in [4.78, 5) is 61.1. The number of carbonyl (C=O) groups excluding carboxylic acids is 4. The van der Waals surface area contributed by atoms with E-state index in [9.17, 15) is 24.3 Å². The van der Waals surface area contributed by atoms with Crippen molar-refractivity contribution in [3.8, 4) is 23.0 Å². The summed E-state index contributed by atoms with van der Waals surface area (Å²) in [5, 5.41) is 11.3. The van der Waals surface area contributed by atoms with Gasteiger partial charge in [-0.15, -0.1) is 0 Å². The highest BCUT2D eigenvalue weighted by Crippen LogP contribution is 2.57. The lowest BCUT2D eigenvalue weighted by Crippen LogP contribution is -2.39. The second kappa shape index (κ2) is 10.8. The van der Waals surface area contributed by atoms with Crippen molar-refractivity contribution in [2.24, 2.45) is 17.8 Å². The lowest BCUT2D eigenvalue weighted by molar-refractivity contribution is -0.123. The molecular formula is C38H30N2O7. The van der Waals surface area contributed by atoms with E-state index in [1.165, 1.54) is 11.0 Å². The molecule has 9 heteroatoms. The first-order valence-electron chi connectivity index (χ1n) is 15.8. The number of para-hydroxylation sites is 3. The first-order valence-corrected chi connectivity index (χ1v) is 15.8. The molecule has 47 heavy (non-hydrogen) atoms. The Balaban J connectivity index is 1.17. The number of fused-ring (bicyclic) bond motifs is 4. The number of imide groups is 1. The Bertz CT molecular complexity index is 2100. The Kier molecular flexibility index (Phi) is 6.61. The molecule has 4 aromatic rings. The molecule has 0 radical (unpaired) electrons. The van der Waals surface area contributed by atoms with Gasteiger partial charge in [-0.05, 0) is 81.1 Å². The maximum Gasteiger partial charge on any atom is 0.238 e. The molecule has 0 bridgehead atoms. The second-order valence-electron chi connectivity index (χ2n) is 12.4. The average molecular weight is 627 g/mol. The van der Waals surface area contributed by atoms with Gasteiger partial charge in [0.1, 0.15) is 5.52 Å². The number of oxazole rings is 1. The standard InChI is InChI=1S/C38H30N2O7/c1-3-46-30-10-6-7-23(35(30)43)31-22-15-16-24-32(25(22)18-26-33(31)28(41)17-19(2)34(26)42)38(45)40(37(24)44)21-13-11-20(12-14-21)36-39-27-8-4-5-9-29(27)47-36/h4-15,17,24-25,31-32,43H,3,16,18H2,1-2H3/t24-,25+,31+,32-/m0/s1. The normalized spacial score (nSPS) is 23.8. The number of hydrogen-bond acceptors (Lipinski definition) is 8.